The van der Waals surface area contributed by atoms with E-state index in [9.17, 15) is 4.79 Å². The van der Waals surface area contributed by atoms with Gasteiger partial charge >= 0.3 is 0 Å². The van der Waals surface area contributed by atoms with Gasteiger partial charge in [-0.15, -0.1) is 0 Å². The lowest BCUT2D eigenvalue weighted by Gasteiger charge is -2.26. The van der Waals surface area contributed by atoms with Gasteiger partial charge in [0, 0.05) is 17.8 Å². The number of anilines is 1. The summed E-state index contributed by atoms with van der Waals surface area (Å²) in [5.74, 6) is 0.738. The first-order valence-corrected chi connectivity index (χ1v) is 8.25. The Morgan fingerprint density at radius 3 is 2.58 bits per heavy atom. The summed E-state index contributed by atoms with van der Waals surface area (Å²) < 4.78 is 1.64. The molecule has 1 saturated carbocycles. The molecule has 0 spiro atoms. The molecule has 0 atom stereocenters. The van der Waals surface area contributed by atoms with Crippen molar-refractivity contribution >= 4 is 11.6 Å². The lowest BCUT2D eigenvalue weighted by atomic mass is 9.81. The number of hydrogen-bond acceptors (Lipinski definition) is 4. The average Bonchev–Trinajstić information content (AvgIpc) is 3.11. The molecule has 0 radical (unpaired) electrons. The molecule has 24 heavy (non-hydrogen) atoms. The Bertz CT molecular complexity index is 736. The average molecular weight is 323 g/mol. The highest BCUT2D eigenvalue weighted by atomic mass is 16.1. The minimum atomic E-state index is 0.0804. The summed E-state index contributed by atoms with van der Waals surface area (Å²) in [4.78, 5) is 12.4. The molecule has 2 aromatic rings. The van der Waals surface area contributed by atoms with E-state index >= 15 is 0 Å². The second-order valence-electron chi connectivity index (χ2n) is 6.27. The van der Waals surface area contributed by atoms with E-state index in [1.54, 1.807) is 10.9 Å². The van der Waals surface area contributed by atoms with Gasteiger partial charge in [-0.3, -0.25) is 4.79 Å². The first kappa shape index (κ1) is 16.2. The van der Waals surface area contributed by atoms with Crippen LogP contribution in [0.3, 0.4) is 0 Å². The predicted octanol–water partition coefficient (Wildman–Crippen LogP) is 2.45. The quantitative estimate of drug-likeness (QED) is 0.903. The predicted molar refractivity (Wildman–Crippen MR) is 91.4 cm³/mol. The summed E-state index contributed by atoms with van der Waals surface area (Å²) in [5, 5.41) is 16.0. The number of carbonyl (C=O) groups is 1. The number of nitrogens with two attached hydrogens (primary N) is 1. The van der Waals surface area contributed by atoms with Crippen LogP contribution >= 0.6 is 0 Å². The van der Waals surface area contributed by atoms with Crippen molar-refractivity contribution in [3.05, 3.63) is 42.2 Å². The fourth-order valence-electron chi connectivity index (χ4n) is 3.12. The first-order valence-electron chi connectivity index (χ1n) is 8.25. The van der Waals surface area contributed by atoms with E-state index in [0.29, 0.717) is 11.5 Å². The Hall–Kier alpha value is -2.65. The molecule has 1 aromatic heterocycles. The zero-order valence-electron chi connectivity index (χ0n) is 13.5. The van der Waals surface area contributed by atoms with Gasteiger partial charge in [-0.25, -0.2) is 4.68 Å². The van der Waals surface area contributed by atoms with Crippen LogP contribution in [0.2, 0.25) is 0 Å². The molecule has 1 aliphatic carbocycles. The van der Waals surface area contributed by atoms with E-state index in [2.05, 4.69) is 16.5 Å². The minimum Gasteiger partial charge on any atom is -0.330 e. The normalized spacial score (nSPS) is 20.3. The molecule has 0 aliphatic heterocycles. The SMILES string of the molecule is N#Cc1cnn(-c2ccc(NC(=O)C3CCC(CN)CC3)cc2)c1. The van der Waals surface area contributed by atoms with Crippen LogP contribution in [-0.4, -0.2) is 22.2 Å². The van der Waals surface area contributed by atoms with Gasteiger partial charge in [0.2, 0.25) is 5.91 Å². The second kappa shape index (κ2) is 7.28. The first-order chi connectivity index (χ1) is 11.7. The Labute approximate surface area is 141 Å². The highest BCUT2D eigenvalue weighted by Crippen LogP contribution is 2.29. The van der Waals surface area contributed by atoms with Crippen molar-refractivity contribution < 1.29 is 4.79 Å². The van der Waals surface area contributed by atoms with Crippen molar-refractivity contribution in [2.45, 2.75) is 25.7 Å². The van der Waals surface area contributed by atoms with Crippen LogP contribution in [0.5, 0.6) is 0 Å². The van der Waals surface area contributed by atoms with Crippen LogP contribution < -0.4 is 11.1 Å². The molecular weight excluding hydrogens is 302 g/mol. The zero-order valence-corrected chi connectivity index (χ0v) is 13.5. The maximum Gasteiger partial charge on any atom is 0.227 e. The van der Waals surface area contributed by atoms with E-state index < -0.39 is 0 Å². The molecule has 0 unspecified atom stereocenters. The fraction of sp³-hybridized carbons (Fsp3) is 0.389. The van der Waals surface area contributed by atoms with Crippen molar-refractivity contribution in [1.82, 2.24) is 9.78 Å². The topological polar surface area (TPSA) is 96.7 Å². The largest absolute Gasteiger partial charge is 0.330 e. The summed E-state index contributed by atoms with van der Waals surface area (Å²) in [6.07, 6.45) is 7.09. The standard InChI is InChI=1S/C18H21N5O/c19-9-13-1-3-15(4-2-13)18(24)22-16-5-7-17(8-6-16)23-12-14(10-20)11-21-23/h5-8,11-13,15H,1-4,9,19H2,(H,22,24). The Kier molecular flexibility index (Phi) is 4.92. The molecular formula is C18H21N5O. The maximum absolute atomic E-state index is 12.4. The van der Waals surface area contributed by atoms with Crippen LogP contribution in [0.4, 0.5) is 5.69 Å². The van der Waals surface area contributed by atoms with Crippen molar-refractivity contribution in [3.63, 3.8) is 0 Å². The van der Waals surface area contributed by atoms with E-state index in [1.165, 1.54) is 6.20 Å². The number of amides is 1. The molecule has 0 saturated heterocycles. The monoisotopic (exact) mass is 323 g/mol. The number of hydrogen-bond donors (Lipinski definition) is 2. The molecule has 1 aromatic carbocycles. The van der Waals surface area contributed by atoms with Gasteiger partial charge in [-0.1, -0.05) is 0 Å². The van der Waals surface area contributed by atoms with Crippen molar-refractivity contribution in [2.75, 3.05) is 11.9 Å². The van der Waals surface area contributed by atoms with Crippen LogP contribution in [-0.2, 0) is 4.79 Å². The van der Waals surface area contributed by atoms with Crippen molar-refractivity contribution in [1.29, 1.82) is 5.26 Å². The Morgan fingerprint density at radius 2 is 2.00 bits per heavy atom. The molecule has 6 nitrogen and oxygen atoms in total. The van der Waals surface area contributed by atoms with Gasteiger partial charge in [0.15, 0.2) is 0 Å². The van der Waals surface area contributed by atoms with Crippen LogP contribution in [0.15, 0.2) is 36.7 Å². The lowest BCUT2D eigenvalue weighted by Crippen LogP contribution is -2.29. The highest BCUT2D eigenvalue weighted by Gasteiger charge is 2.25. The lowest BCUT2D eigenvalue weighted by molar-refractivity contribution is -0.121. The van der Waals surface area contributed by atoms with Gasteiger partial charge in [0.25, 0.3) is 0 Å². The molecule has 3 rings (SSSR count). The van der Waals surface area contributed by atoms with Gasteiger partial charge in [0.1, 0.15) is 6.07 Å². The van der Waals surface area contributed by atoms with Crippen LogP contribution in [0, 0.1) is 23.2 Å². The number of rotatable bonds is 4. The van der Waals surface area contributed by atoms with Gasteiger partial charge < -0.3 is 11.1 Å². The van der Waals surface area contributed by atoms with Crippen molar-refractivity contribution in [3.8, 4) is 11.8 Å². The Balaban J connectivity index is 1.60. The van der Waals surface area contributed by atoms with E-state index in [0.717, 1.165) is 43.6 Å². The molecule has 1 aliphatic rings. The molecule has 124 valence electrons. The van der Waals surface area contributed by atoms with Gasteiger partial charge in [-0.2, -0.15) is 10.4 Å². The Morgan fingerprint density at radius 1 is 1.29 bits per heavy atom. The number of aromatic nitrogens is 2. The molecule has 1 fully saturated rings. The molecule has 1 amide bonds. The smallest absolute Gasteiger partial charge is 0.227 e. The van der Waals surface area contributed by atoms with E-state index in [1.807, 2.05) is 24.3 Å². The number of nitrogens with one attached hydrogen (secondary N) is 1. The van der Waals surface area contributed by atoms with Crippen molar-refractivity contribution in [2.24, 2.45) is 17.6 Å². The molecule has 1 heterocycles. The minimum absolute atomic E-state index is 0.0804. The van der Waals surface area contributed by atoms with Crippen LogP contribution in [0.25, 0.3) is 5.69 Å². The number of carbonyl (C=O) groups excluding carboxylic acids is 1. The number of benzene rings is 1. The summed E-state index contributed by atoms with van der Waals surface area (Å²) in [7, 11) is 0. The molecule has 0 bridgehead atoms. The van der Waals surface area contributed by atoms with Crippen LogP contribution in [0.1, 0.15) is 31.2 Å². The fourth-order valence-corrected chi connectivity index (χ4v) is 3.12. The summed E-state index contributed by atoms with van der Waals surface area (Å²) in [6.45, 7) is 0.719. The van der Waals surface area contributed by atoms with Gasteiger partial charge in [0.05, 0.1) is 17.4 Å². The summed E-state index contributed by atoms with van der Waals surface area (Å²) in [5.41, 5.74) is 7.83. The third-order valence-electron chi connectivity index (χ3n) is 4.66. The number of nitrogens with zero attached hydrogens (tertiary/aromatic N) is 3. The molecule has 3 N–H and O–H groups in total. The maximum atomic E-state index is 12.4. The summed E-state index contributed by atoms with van der Waals surface area (Å²) in [6, 6.07) is 9.50. The summed E-state index contributed by atoms with van der Waals surface area (Å²) >= 11 is 0. The second-order valence-corrected chi connectivity index (χ2v) is 6.27. The van der Waals surface area contributed by atoms with E-state index in [-0.39, 0.29) is 11.8 Å². The van der Waals surface area contributed by atoms with Gasteiger partial charge in [-0.05, 0) is 62.4 Å². The highest BCUT2D eigenvalue weighted by molar-refractivity contribution is 5.92. The zero-order chi connectivity index (χ0) is 16.9. The number of nitriles is 1. The van der Waals surface area contributed by atoms with E-state index in [4.69, 9.17) is 11.0 Å². The molecule has 6 heteroatoms. The third-order valence-corrected chi connectivity index (χ3v) is 4.66. The third kappa shape index (κ3) is 3.63.